The summed E-state index contributed by atoms with van der Waals surface area (Å²) in [5, 5.41) is 8.57. The Bertz CT molecular complexity index is 364. The Kier molecular flexibility index (Phi) is 4.63. The van der Waals surface area contributed by atoms with Gasteiger partial charge in [0.2, 0.25) is 0 Å². The SMILES string of the molecule is N[C@@H](CO)C(=O)OC(=O)Cc1ccccc1. The van der Waals surface area contributed by atoms with Crippen molar-refractivity contribution in [3.63, 3.8) is 0 Å². The zero-order valence-corrected chi connectivity index (χ0v) is 8.63. The van der Waals surface area contributed by atoms with Gasteiger partial charge in [0.25, 0.3) is 0 Å². The van der Waals surface area contributed by atoms with E-state index in [-0.39, 0.29) is 6.42 Å². The van der Waals surface area contributed by atoms with Crippen LogP contribution in [0.25, 0.3) is 0 Å². The van der Waals surface area contributed by atoms with Crippen molar-refractivity contribution in [3.8, 4) is 0 Å². The van der Waals surface area contributed by atoms with Gasteiger partial charge in [0.05, 0.1) is 13.0 Å². The predicted molar refractivity (Wildman–Crippen MR) is 56.3 cm³/mol. The van der Waals surface area contributed by atoms with E-state index in [0.29, 0.717) is 0 Å². The molecule has 3 N–H and O–H groups in total. The maximum absolute atomic E-state index is 11.3. The van der Waals surface area contributed by atoms with Gasteiger partial charge in [0, 0.05) is 0 Å². The Morgan fingerprint density at radius 2 is 1.94 bits per heavy atom. The molecule has 0 spiro atoms. The van der Waals surface area contributed by atoms with Gasteiger partial charge in [0.1, 0.15) is 6.04 Å². The van der Waals surface area contributed by atoms with Crippen LogP contribution in [0.15, 0.2) is 30.3 Å². The second-order valence-corrected chi connectivity index (χ2v) is 3.24. The summed E-state index contributed by atoms with van der Waals surface area (Å²) in [6.07, 6.45) is 0.00469. The Morgan fingerprint density at radius 3 is 2.50 bits per heavy atom. The van der Waals surface area contributed by atoms with E-state index >= 15 is 0 Å². The van der Waals surface area contributed by atoms with Gasteiger partial charge in [-0.2, -0.15) is 0 Å². The Hall–Kier alpha value is -1.72. The molecule has 0 aliphatic rings. The lowest BCUT2D eigenvalue weighted by Gasteiger charge is -2.06. The average molecular weight is 223 g/mol. The van der Waals surface area contributed by atoms with Crippen molar-refractivity contribution >= 4 is 11.9 Å². The van der Waals surface area contributed by atoms with E-state index in [1.54, 1.807) is 24.3 Å². The summed E-state index contributed by atoms with van der Waals surface area (Å²) in [6.45, 7) is -0.544. The van der Waals surface area contributed by atoms with Crippen molar-refractivity contribution in [2.24, 2.45) is 5.73 Å². The molecule has 0 bridgehead atoms. The van der Waals surface area contributed by atoms with Crippen LogP contribution >= 0.6 is 0 Å². The van der Waals surface area contributed by atoms with Crippen LogP contribution in [0, 0.1) is 0 Å². The van der Waals surface area contributed by atoms with Gasteiger partial charge in [-0.25, -0.2) is 4.79 Å². The fraction of sp³-hybridized carbons (Fsp3) is 0.273. The van der Waals surface area contributed by atoms with Crippen molar-refractivity contribution < 1.29 is 19.4 Å². The van der Waals surface area contributed by atoms with Crippen LogP contribution in [-0.2, 0) is 20.7 Å². The molecular formula is C11H13NO4. The number of aliphatic hydroxyl groups excluding tert-OH is 1. The molecule has 1 atom stereocenters. The monoisotopic (exact) mass is 223 g/mol. The van der Waals surface area contributed by atoms with E-state index in [9.17, 15) is 9.59 Å². The van der Waals surface area contributed by atoms with Crippen LogP contribution in [-0.4, -0.2) is 29.7 Å². The largest absolute Gasteiger partial charge is 0.394 e. The standard InChI is InChI=1S/C11H13NO4/c12-9(7-13)11(15)16-10(14)6-8-4-2-1-3-5-8/h1-5,9,13H,6-7,12H2/t9-/m0/s1. The Morgan fingerprint density at radius 1 is 1.31 bits per heavy atom. The molecule has 0 saturated heterocycles. The first kappa shape index (κ1) is 12.4. The number of carbonyl (C=O) groups is 2. The fourth-order valence-electron chi connectivity index (χ4n) is 1.06. The number of hydrogen-bond donors (Lipinski definition) is 2. The molecule has 5 nitrogen and oxygen atoms in total. The van der Waals surface area contributed by atoms with Crippen molar-refractivity contribution in [2.45, 2.75) is 12.5 Å². The topological polar surface area (TPSA) is 89.6 Å². The number of aliphatic hydroxyl groups is 1. The zero-order valence-electron chi connectivity index (χ0n) is 8.63. The molecule has 0 aromatic heterocycles. The van der Waals surface area contributed by atoms with E-state index in [4.69, 9.17) is 10.8 Å². The molecule has 0 radical (unpaired) electrons. The molecule has 0 heterocycles. The van der Waals surface area contributed by atoms with Gasteiger partial charge in [-0.1, -0.05) is 30.3 Å². The summed E-state index contributed by atoms with van der Waals surface area (Å²) < 4.78 is 4.44. The molecule has 86 valence electrons. The summed E-state index contributed by atoms with van der Waals surface area (Å²) in [4.78, 5) is 22.3. The molecule has 0 unspecified atom stereocenters. The minimum Gasteiger partial charge on any atom is -0.394 e. The molecule has 5 heteroatoms. The van der Waals surface area contributed by atoms with Gasteiger partial charge < -0.3 is 15.6 Å². The second kappa shape index (κ2) is 5.99. The number of rotatable bonds is 4. The molecule has 0 aliphatic carbocycles. The van der Waals surface area contributed by atoms with Crippen molar-refractivity contribution in [1.82, 2.24) is 0 Å². The molecule has 0 saturated carbocycles. The highest BCUT2D eigenvalue weighted by Crippen LogP contribution is 2.01. The van der Waals surface area contributed by atoms with Crippen molar-refractivity contribution in [1.29, 1.82) is 0 Å². The number of hydrogen-bond acceptors (Lipinski definition) is 5. The van der Waals surface area contributed by atoms with Crippen LogP contribution < -0.4 is 5.73 Å². The molecule has 0 amide bonds. The first-order valence-corrected chi connectivity index (χ1v) is 4.78. The van der Waals surface area contributed by atoms with Gasteiger partial charge in [-0.05, 0) is 5.56 Å². The minimum atomic E-state index is -1.17. The average Bonchev–Trinajstić information content (AvgIpc) is 2.29. The maximum atomic E-state index is 11.3. The van der Waals surface area contributed by atoms with Crippen molar-refractivity contribution in [2.75, 3.05) is 6.61 Å². The summed E-state index contributed by atoms with van der Waals surface area (Å²) in [6, 6.07) is 7.71. The third-order valence-corrected chi connectivity index (χ3v) is 1.91. The lowest BCUT2D eigenvalue weighted by molar-refractivity contribution is -0.160. The van der Waals surface area contributed by atoms with E-state index in [2.05, 4.69) is 4.74 Å². The lowest BCUT2D eigenvalue weighted by Crippen LogP contribution is -2.37. The van der Waals surface area contributed by atoms with Gasteiger partial charge in [-0.3, -0.25) is 4.79 Å². The summed E-state index contributed by atoms with van der Waals surface area (Å²) in [7, 11) is 0. The molecule has 16 heavy (non-hydrogen) atoms. The van der Waals surface area contributed by atoms with Gasteiger partial charge in [-0.15, -0.1) is 0 Å². The fourth-order valence-corrected chi connectivity index (χ4v) is 1.06. The lowest BCUT2D eigenvalue weighted by atomic mass is 10.2. The smallest absolute Gasteiger partial charge is 0.332 e. The zero-order chi connectivity index (χ0) is 12.0. The molecule has 0 aliphatic heterocycles. The molecule has 1 aromatic rings. The molecular weight excluding hydrogens is 210 g/mol. The first-order valence-electron chi connectivity index (χ1n) is 4.78. The maximum Gasteiger partial charge on any atom is 0.332 e. The van der Waals surface area contributed by atoms with Gasteiger partial charge in [0.15, 0.2) is 0 Å². The number of ether oxygens (including phenoxy) is 1. The highest BCUT2D eigenvalue weighted by atomic mass is 16.6. The van der Waals surface area contributed by atoms with E-state index < -0.39 is 24.6 Å². The predicted octanol–water partition coefficient (Wildman–Crippen LogP) is -0.381. The van der Waals surface area contributed by atoms with Crippen LogP contribution in [0.4, 0.5) is 0 Å². The Labute approximate surface area is 92.8 Å². The van der Waals surface area contributed by atoms with Gasteiger partial charge >= 0.3 is 11.9 Å². The van der Waals surface area contributed by atoms with Crippen LogP contribution in [0.5, 0.6) is 0 Å². The number of esters is 2. The molecule has 0 fully saturated rings. The van der Waals surface area contributed by atoms with Crippen LogP contribution in [0.1, 0.15) is 5.56 Å². The third kappa shape index (κ3) is 3.80. The summed E-state index contributed by atoms with van der Waals surface area (Å²) >= 11 is 0. The highest BCUT2D eigenvalue weighted by molar-refractivity contribution is 5.89. The number of nitrogens with two attached hydrogens (primary N) is 1. The van der Waals surface area contributed by atoms with E-state index in [1.807, 2.05) is 6.07 Å². The Balaban J connectivity index is 2.46. The third-order valence-electron chi connectivity index (χ3n) is 1.91. The second-order valence-electron chi connectivity index (χ2n) is 3.24. The molecule has 1 aromatic carbocycles. The van der Waals surface area contributed by atoms with Crippen LogP contribution in [0.3, 0.4) is 0 Å². The first-order chi connectivity index (χ1) is 7.63. The van der Waals surface area contributed by atoms with E-state index in [0.717, 1.165) is 5.56 Å². The van der Waals surface area contributed by atoms with Crippen molar-refractivity contribution in [3.05, 3.63) is 35.9 Å². The molecule has 1 rings (SSSR count). The minimum absolute atomic E-state index is 0.00469. The highest BCUT2D eigenvalue weighted by Gasteiger charge is 2.17. The number of carbonyl (C=O) groups excluding carboxylic acids is 2. The quantitative estimate of drug-likeness (QED) is 0.536. The summed E-state index contributed by atoms with van der Waals surface area (Å²) in [5.41, 5.74) is 5.93. The summed E-state index contributed by atoms with van der Waals surface area (Å²) in [5.74, 6) is -1.59. The van der Waals surface area contributed by atoms with E-state index in [1.165, 1.54) is 0 Å². The number of benzene rings is 1. The normalized spacial score (nSPS) is 11.9. The van der Waals surface area contributed by atoms with Crippen LogP contribution in [0.2, 0.25) is 0 Å².